The first-order valence-corrected chi connectivity index (χ1v) is 4.86. The van der Waals surface area contributed by atoms with Crippen molar-refractivity contribution in [3.8, 4) is 0 Å². The zero-order chi connectivity index (χ0) is 10.3. The fourth-order valence-electron chi connectivity index (χ4n) is 1.03. The van der Waals surface area contributed by atoms with Gasteiger partial charge < -0.3 is 15.1 Å². The fraction of sp³-hybridized carbons (Fsp3) is 0.800. The van der Waals surface area contributed by atoms with Crippen LogP contribution in [0.15, 0.2) is 12.4 Å². The van der Waals surface area contributed by atoms with Crippen LogP contribution in [-0.4, -0.2) is 50.6 Å². The van der Waals surface area contributed by atoms with Crippen LogP contribution >= 0.6 is 0 Å². The molecule has 0 aromatic rings. The van der Waals surface area contributed by atoms with E-state index in [-0.39, 0.29) is 0 Å². The van der Waals surface area contributed by atoms with Gasteiger partial charge in [-0.05, 0) is 20.5 Å². The number of nitrogens with one attached hydrogen (secondary N) is 1. The van der Waals surface area contributed by atoms with Gasteiger partial charge in [-0.1, -0.05) is 13.5 Å². The van der Waals surface area contributed by atoms with Crippen molar-refractivity contribution in [3.63, 3.8) is 0 Å². The lowest BCUT2D eigenvalue weighted by Gasteiger charge is -2.22. The molecule has 13 heavy (non-hydrogen) atoms. The van der Waals surface area contributed by atoms with Crippen LogP contribution in [0.5, 0.6) is 0 Å². The molecule has 0 bridgehead atoms. The van der Waals surface area contributed by atoms with E-state index < -0.39 is 0 Å². The van der Waals surface area contributed by atoms with Gasteiger partial charge in [-0.25, -0.2) is 0 Å². The number of rotatable bonds is 7. The SMILES string of the molecule is C=C(NCCN(C)C)N(C)CCC. The predicted molar refractivity (Wildman–Crippen MR) is 58.6 cm³/mol. The molecule has 0 aliphatic carbocycles. The molecule has 78 valence electrons. The van der Waals surface area contributed by atoms with Gasteiger partial charge in [-0.3, -0.25) is 0 Å². The fourth-order valence-corrected chi connectivity index (χ4v) is 1.03. The maximum Gasteiger partial charge on any atom is 0.0936 e. The molecule has 0 fully saturated rings. The smallest absolute Gasteiger partial charge is 0.0936 e. The highest BCUT2D eigenvalue weighted by molar-refractivity contribution is 4.88. The Morgan fingerprint density at radius 2 is 1.85 bits per heavy atom. The van der Waals surface area contributed by atoms with E-state index in [1.54, 1.807) is 0 Å². The molecule has 0 aromatic carbocycles. The molecule has 0 spiro atoms. The average Bonchev–Trinajstić information content (AvgIpc) is 2.04. The van der Waals surface area contributed by atoms with Crippen LogP contribution in [0.25, 0.3) is 0 Å². The molecule has 3 nitrogen and oxygen atoms in total. The molecule has 0 atom stereocenters. The van der Waals surface area contributed by atoms with Gasteiger partial charge >= 0.3 is 0 Å². The summed E-state index contributed by atoms with van der Waals surface area (Å²) >= 11 is 0. The van der Waals surface area contributed by atoms with Gasteiger partial charge in [0, 0.05) is 26.7 Å². The van der Waals surface area contributed by atoms with Crippen LogP contribution in [0.3, 0.4) is 0 Å². The molecule has 0 aromatic heterocycles. The van der Waals surface area contributed by atoms with Crippen LogP contribution in [-0.2, 0) is 0 Å². The summed E-state index contributed by atoms with van der Waals surface area (Å²) < 4.78 is 0. The standard InChI is InChI=1S/C10H23N3/c1-6-8-13(5)10(2)11-7-9-12(3)4/h11H,2,6-9H2,1,3-5H3. The minimum absolute atomic E-state index is 0.958. The zero-order valence-electron chi connectivity index (χ0n) is 9.43. The molecule has 3 heteroatoms. The van der Waals surface area contributed by atoms with E-state index >= 15 is 0 Å². The van der Waals surface area contributed by atoms with Gasteiger partial charge in [0.2, 0.25) is 0 Å². The van der Waals surface area contributed by atoms with Crippen LogP contribution < -0.4 is 5.32 Å². The summed E-state index contributed by atoms with van der Waals surface area (Å²) in [4.78, 5) is 4.30. The van der Waals surface area contributed by atoms with E-state index in [4.69, 9.17) is 0 Å². The summed E-state index contributed by atoms with van der Waals surface area (Å²) in [5.41, 5.74) is 0. The van der Waals surface area contributed by atoms with Gasteiger partial charge in [0.05, 0.1) is 5.82 Å². The highest BCUT2D eigenvalue weighted by Crippen LogP contribution is 1.94. The second-order valence-corrected chi connectivity index (χ2v) is 3.60. The summed E-state index contributed by atoms with van der Waals surface area (Å²) in [7, 11) is 6.20. The summed E-state index contributed by atoms with van der Waals surface area (Å²) in [6.45, 7) is 9.20. The first kappa shape index (κ1) is 12.3. The first-order valence-electron chi connectivity index (χ1n) is 4.86. The van der Waals surface area contributed by atoms with Crippen LogP contribution in [0, 0.1) is 0 Å². The molecule has 0 amide bonds. The quantitative estimate of drug-likeness (QED) is 0.637. The first-order chi connectivity index (χ1) is 6.07. The van der Waals surface area contributed by atoms with Gasteiger partial charge in [-0.2, -0.15) is 0 Å². The lowest BCUT2D eigenvalue weighted by atomic mass is 10.4. The molecule has 1 N–H and O–H groups in total. The normalized spacial score (nSPS) is 10.2. The zero-order valence-corrected chi connectivity index (χ0v) is 9.43. The van der Waals surface area contributed by atoms with Crippen molar-refractivity contribution in [2.24, 2.45) is 0 Å². The monoisotopic (exact) mass is 185 g/mol. The van der Waals surface area contributed by atoms with Gasteiger partial charge in [-0.15, -0.1) is 0 Å². The molecule has 0 saturated heterocycles. The summed E-state index contributed by atoms with van der Waals surface area (Å²) in [6, 6.07) is 0. The summed E-state index contributed by atoms with van der Waals surface area (Å²) in [6.07, 6.45) is 1.16. The Morgan fingerprint density at radius 3 is 2.31 bits per heavy atom. The van der Waals surface area contributed by atoms with Crippen molar-refractivity contribution >= 4 is 0 Å². The third-order valence-electron chi connectivity index (χ3n) is 1.91. The van der Waals surface area contributed by atoms with Gasteiger partial charge in [0.15, 0.2) is 0 Å². The highest BCUT2D eigenvalue weighted by Gasteiger charge is 1.98. The molecule has 0 aliphatic rings. The van der Waals surface area contributed by atoms with Crippen molar-refractivity contribution < 1.29 is 0 Å². The van der Waals surface area contributed by atoms with E-state index in [9.17, 15) is 0 Å². The molecule has 0 radical (unpaired) electrons. The number of nitrogens with zero attached hydrogens (tertiary/aromatic N) is 2. The van der Waals surface area contributed by atoms with Crippen molar-refractivity contribution in [1.29, 1.82) is 0 Å². The number of hydrogen-bond acceptors (Lipinski definition) is 3. The lowest BCUT2D eigenvalue weighted by Crippen LogP contribution is -2.32. The third-order valence-corrected chi connectivity index (χ3v) is 1.91. The Hall–Kier alpha value is -0.700. The second kappa shape index (κ2) is 6.78. The van der Waals surface area contributed by atoms with E-state index in [0.29, 0.717) is 0 Å². The van der Waals surface area contributed by atoms with Crippen molar-refractivity contribution in [1.82, 2.24) is 15.1 Å². The molecular weight excluding hydrogens is 162 g/mol. The van der Waals surface area contributed by atoms with Crippen LogP contribution in [0.4, 0.5) is 0 Å². The molecular formula is C10H23N3. The van der Waals surface area contributed by atoms with E-state index in [0.717, 1.165) is 31.9 Å². The Balaban J connectivity index is 3.50. The van der Waals surface area contributed by atoms with E-state index in [1.807, 2.05) is 0 Å². The van der Waals surface area contributed by atoms with Gasteiger partial charge in [0.25, 0.3) is 0 Å². The number of likely N-dealkylation sites (N-methyl/N-ethyl adjacent to an activating group) is 1. The molecule has 0 aliphatic heterocycles. The summed E-state index contributed by atoms with van der Waals surface area (Å²) in [5.74, 6) is 1.02. The van der Waals surface area contributed by atoms with E-state index in [2.05, 4.69) is 49.8 Å². The highest BCUT2D eigenvalue weighted by atomic mass is 15.2. The third kappa shape index (κ3) is 6.46. The maximum atomic E-state index is 3.97. The summed E-state index contributed by atoms with van der Waals surface area (Å²) in [5, 5.41) is 3.29. The molecule has 0 heterocycles. The minimum Gasteiger partial charge on any atom is -0.371 e. The predicted octanol–water partition coefficient (Wildman–Crippen LogP) is 0.951. The van der Waals surface area contributed by atoms with Gasteiger partial charge in [0.1, 0.15) is 0 Å². The molecule has 0 saturated carbocycles. The van der Waals surface area contributed by atoms with Crippen LogP contribution in [0.1, 0.15) is 13.3 Å². The lowest BCUT2D eigenvalue weighted by molar-refractivity contribution is 0.360. The maximum absolute atomic E-state index is 3.97. The Bertz CT molecular complexity index is 143. The second-order valence-electron chi connectivity index (χ2n) is 3.60. The Labute approximate surface area is 82.4 Å². The van der Waals surface area contributed by atoms with Crippen molar-refractivity contribution in [2.45, 2.75) is 13.3 Å². The molecule has 0 unspecified atom stereocenters. The van der Waals surface area contributed by atoms with E-state index in [1.165, 1.54) is 0 Å². The van der Waals surface area contributed by atoms with Crippen molar-refractivity contribution in [2.75, 3.05) is 40.8 Å². The Kier molecular flexibility index (Phi) is 6.41. The number of hydrogen-bond donors (Lipinski definition) is 1. The van der Waals surface area contributed by atoms with Crippen molar-refractivity contribution in [3.05, 3.63) is 12.4 Å². The molecule has 0 rings (SSSR count). The average molecular weight is 185 g/mol. The topological polar surface area (TPSA) is 18.5 Å². The Morgan fingerprint density at radius 1 is 1.23 bits per heavy atom. The van der Waals surface area contributed by atoms with Crippen LogP contribution in [0.2, 0.25) is 0 Å². The largest absolute Gasteiger partial charge is 0.371 e. The minimum atomic E-state index is 0.958.